The van der Waals surface area contributed by atoms with Gasteiger partial charge in [0.05, 0.1) is 24.8 Å². The number of aryl methyl sites for hydroxylation is 1. The fraction of sp³-hybridized carbons (Fsp3) is 0.412. The SMILES string of the molecule is Cc1ccc(C(CNc2ncccc2C#N)N2CCOCC2)s1. The van der Waals surface area contributed by atoms with Crippen LogP contribution in [-0.4, -0.2) is 42.7 Å². The van der Waals surface area contributed by atoms with E-state index in [0.717, 1.165) is 32.8 Å². The van der Waals surface area contributed by atoms with Crippen LogP contribution < -0.4 is 5.32 Å². The molecule has 1 unspecified atom stereocenters. The van der Waals surface area contributed by atoms with Gasteiger partial charge in [0.15, 0.2) is 0 Å². The number of rotatable bonds is 5. The summed E-state index contributed by atoms with van der Waals surface area (Å²) in [5.74, 6) is 0.654. The van der Waals surface area contributed by atoms with Gasteiger partial charge < -0.3 is 10.1 Å². The number of hydrogen-bond acceptors (Lipinski definition) is 6. The lowest BCUT2D eigenvalue weighted by Gasteiger charge is -2.34. The van der Waals surface area contributed by atoms with E-state index < -0.39 is 0 Å². The van der Waals surface area contributed by atoms with Gasteiger partial charge in [0, 0.05) is 35.6 Å². The lowest BCUT2D eigenvalue weighted by atomic mass is 10.1. The Hall–Kier alpha value is -1.94. The summed E-state index contributed by atoms with van der Waals surface area (Å²) in [4.78, 5) is 9.39. The number of morpholine rings is 1. The number of nitrogens with zero attached hydrogens (tertiary/aromatic N) is 3. The number of thiophene rings is 1. The molecule has 1 fully saturated rings. The van der Waals surface area contributed by atoms with Crippen molar-refractivity contribution in [2.45, 2.75) is 13.0 Å². The molecule has 0 amide bonds. The van der Waals surface area contributed by atoms with Crippen molar-refractivity contribution in [3.05, 3.63) is 45.8 Å². The summed E-state index contributed by atoms with van der Waals surface area (Å²) in [5.41, 5.74) is 0.579. The molecule has 6 heteroatoms. The molecule has 23 heavy (non-hydrogen) atoms. The number of anilines is 1. The predicted molar refractivity (Wildman–Crippen MR) is 91.6 cm³/mol. The first-order valence-electron chi connectivity index (χ1n) is 7.75. The van der Waals surface area contributed by atoms with Gasteiger partial charge in [-0.25, -0.2) is 4.98 Å². The van der Waals surface area contributed by atoms with Gasteiger partial charge in [0.1, 0.15) is 11.9 Å². The fourth-order valence-corrected chi connectivity index (χ4v) is 3.77. The van der Waals surface area contributed by atoms with E-state index in [9.17, 15) is 5.26 Å². The zero-order valence-electron chi connectivity index (χ0n) is 13.2. The van der Waals surface area contributed by atoms with E-state index in [1.54, 1.807) is 18.3 Å². The van der Waals surface area contributed by atoms with Gasteiger partial charge in [-0.05, 0) is 31.2 Å². The first kappa shape index (κ1) is 15.9. The normalized spacial score (nSPS) is 16.7. The number of ether oxygens (including phenoxy) is 1. The molecule has 5 nitrogen and oxygen atoms in total. The van der Waals surface area contributed by atoms with Gasteiger partial charge in [0.25, 0.3) is 0 Å². The van der Waals surface area contributed by atoms with E-state index in [0.29, 0.717) is 11.4 Å². The minimum absolute atomic E-state index is 0.270. The van der Waals surface area contributed by atoms with E-state index in [1.807, 2.05) is 11.3 Å². The molecule has 0 bridgehead atoms. The molecule has 1 saturated heterocycles. The van der Waals surface area contributed by atoms with Crippen molar-refractivity contribution in [1.29, 1.82) is 5.26 Å². The quantitative estimate of drug-likeness (QED) is 0.914. The average Bonchev–Trinajstić information content (AvgIpc) is 3.02. The molecule has 3 rings (SSSR count). The van der Waals surface area contributed by atoms with Crippen molar-refractivity contribution in [2.24, 2.45) is 0 Å². The van der Waals surface area contributed by atoms with Crippen LogP contribution in [0.15, 0.2) is 30.5 Å². The van der Waals surface area contributed by atoms with Crippen molar-refractivity contribution in [1.82, 2.24) is 9.88 Å². The Balaban J connectivity index is 1.77. The number of nitrogens with one attached hydrogen (secondary N) is 1. The molecule has 0 spiro atoms. The molecule has 0 aromatic carbocycles. The molecule has 2 aromatic rings. The lowest BCUT2D eigenvalue weighted by Crippen LogP contribution is -2.41. The molecule has 2 aromatic heterocycles. The summed E-state index contributed by atoms with van der Waals surface area (Å²) in [5, 5.41) is 12.6. The highest BCUT2D eigenvalue weighted by Gasteiger charge is 2.24. The maximum absolute atomic E-state index is 9.20. The van der Waals surface area contributed by atoms with Crippen molar-refractivity contribution < 1.29 is 4.74 Å². The van der Waals surface area contributed by atoms with Gasteiger partial charge in [-0.2, -0.15) is 5.26 Å². The van der Waals surface area contributed by atoms with E-state index >= 15 is 0 Å². The maximum Gasteiger partial charge on any atom is 0.143 e. The topological polar surface area (TPSA) is 61.2 Å². The summed E-state index contributed by atoms with van der Waals surface area (Å²) in [6.07, 6.45) is 1.71. The molecular formula is C17H20N4OS. The highest BCUT2D eigenvalue weighted by Crippen LogP contribution is 2.28. The average molecular weight is 328 g/mol. The Labute approximate surface area is 140 Å². The Morgan fingerprint density at radius 1 is 1.39 bits per heavy atom. The highest BCUT2D eigenvalue weighted by molar-refractivity contribution is 7.12. The van der Waals surface area contributed by atoms with E-state index in [4.69, 9.17) is 4.74 Å². The molecule has 1 aliphatic rings. The van der Waals surface area contributed by atoms with Crippen LogP contribution >= 0.6 is 11.3 Å². The zero-order chi connectivity index (χ0) is 16.1. The van der Waals surface area contributed by atoms with Crippen LogP contribution in [0, 0.1) is 18.3 Å². The molecule has 0 aliphatic carbocycles. The molecule has 0 saturated carbocycles. The fourth-order valence-electron chi connectivity index (χ4n) is 2.76. The highest BCUT2D eigenvalue weighted by atomic mass is 32.1. The monoisotopic (exact) mass is 328 g/mol. The van der Waals surface area contributed by atoms with E-state index in [-0.39, 0.29) is 6.04 Å². The minimum atomic E-state index is 0.270. The third-order valence-electron chi connectivity index (χ3n) is 3.97. The molecular weight excluding hydrogens is 308 g/mol. The van der Waals surface area contributed by atoms with Gasteiger partial charge in [0.2, 0.25) is 0 Å². The molecule has 3 heterocycles. The second-order valence-corrected chi connectivity index (χ2v) is 6.82. The largest absolute Gasteiger partial charge is 0.379 e. The van der Waals surface area contributed by atoms with E-state index in [1.165, 1.54) is 9.75 Å². The second kappa shape index (κ2) is 7.55. The Morgan fingerprint density at radius 3 is 2.91 bits per heavy atom. The minimum Gasteiger partial charge on any atom is -0.379 e. The van der Waals surface area contributed by atoms with Gasteiger partial charge in [-0.1, -0.05) is 0 Å². The van der Waals surface area contributed by atoms with E-state index in [2.05, 4.69) is 40.3 Å². The summed E-state index contributed by atoms with van der Waals surface area (Å²) in [6, 6.07) is 10.4. The molecule has 1 aliphatic heterocycles. The Kier molecular flexibility index (Phi) is 5.23. The van der Waals surface area contributed by atoms with Crippen molar-refractivity contribution in [2.75, 3.05) is 38.2 Å². The Morgan fingerprint density at radius 2 is 2.22 bits per heavy atom. The maximum atomic E-state index is 9.20. The van der Waals surface area contributed by atoms with Crippen LogP contribution in [0.5, 0.6) is 0 Å². The van der Waals surface area contributed by atoms with Crippen LogP contribution in [0.3, 0.4) is 0 Å². The zero-order valence-corrected chi connectivity index (χ0v) is 14.0. The lowest BCUT2D eigenvalue weighted by molar-refractivity contribution is 0.0194. The second-order valence-electron chi connectivity index (χ2n) is 5.50. The van der Waals surface area contributed by atoms with Gasteiger partial charge >= 0.3 is 0 Å². The van der Waals surface area contributed by atoms with Crippen LogP contribution in [-0.2, 0) is 4.74 Å². The first-order valence-corrected chi connectivity index (χ1v) is 8.56. The molecule has 1 atom stereocenters. The van der Waals surface area contributed by atoms with Crippen molar-refractivity contribution >= 4 is 17.2 Å². The van der Waals surface area contributed by atoms with Gasteiger partial charge in [-0.3, -0.25) is 4.90 Å². The van der Waals surface area contributed by atoms with Crippen LogP contribution in [0.2, 0.25) is 0 Å². The predicted octanol–water partition coefficient (Wildman–Crippen LogP) is 2.81. The molecule has 1 N–H and O–H groups in total. The summed E-state index contributed by atoms with van der Waals surface area (Å²) in [6.45, 7) is 6.26. The van der Waals surface area contributed by atoms with Crippen molar-refractivity contribution in [3.8, 4) is 6.07 Å². The summed E-state index contributed by atoms with van der Waals surface area (Å²) in [7, 11) is 0. The smallest absolute Gasteiger partial charge is 0.143 e. The first-order chi connectivity index (χ1) is 11.3. The molecule has 0 radical (unpaired) electrons. The summed E-state index contributed by atoms with van der Waals surface area (Å²) >= 11 is 1.83. The van der Waals surface area contributed by atoms with Crippen LogP contribution in [0.25, 0.3) is 0 Å². The Bertz CT molecular complexity index is 688. The number of pyridine rings is 1. The summed E-state index contributed by atoms with van der Waals surface area (Å²) < 4.78 is 5.48. The third-order valence-corrected chi connectivity index (χ3v) is 5.07. The third kappa shape index (κ3) is 3.88. The van der Waals surface area contributed by atoms with Crippen molar-refractivity contribution in [3.63, 3.8) is 0 Å². The van der Waals surface area contributed by atoms with Gasteiger partial charge in [-0.15, -0.1) is 11.3 Å². The number of aromatic nitrogens is 1. The molecule has 120 valence electrons. The van der Waals surface area contributed by atoms with Crippen LogP contribution in [0.1, 0.15) is 21.4 Å². The van der Waals surface area contributed by atoms with Crippen LogP contribution in [0.4, 0.5) is 5.82 Å². The number of hydrogen-bond donors (Lipinski definition) is 1. The number of nitriles is 1. The standard InChI is InChI=1S/C17H20N4OS/c1-13-4-5-16(23-13)15(21-7-9-22-10-8-21)12-20-17-14(11-18)3-2-6-19-17/h2-6,15H,7-10,12H2,1H3,(H,19,20).